The maximum Gasteiger partial charge on any atom is 0.0433 e. The molecule has 0 aromatic rings. The predicted octanol–water partition coefficient (Wildman–Crippen LogP) is 3.17. The molecular formula is C11H25N2P. The lowest BCUT2D eigenvalue weighted by Gasteiger charge is -2.37. The monoisotopic (exact) mass is 216 g/mol. The molecule has 0 aliphatic carbocycles. The van der Waals surface area contributed by atoms with Crippen LogP contribution in [0.4, 0.5) is 0 Å². The molecule has 0 aromatic carbocycles. The summed E-state index contributed by atoms with van der Waals surface area (Å²) < 4.78 is 5.12. The summed E-state index contributed by atoms with van der Waals surface area (Å²) in [5.41, 5.74) is 0. The Kier molecular flexibility index (Phi) is 8.46. The van der Waals surface area contributed by atoms with E-state index in [-0.39, 0.29) is 8.22 Å². The first-order valence-corrected chi connectivity index (χ1v) is 7.06. The van der Waals surface area contributed by atoms with Gasteiger partial charge >= 0.3 is 0 Å². The number of rotatable bonds is 8. The molecule has 0 saturated heterocycles. The van der Waals surface area contributed by atoms with Gasteiger partial charge in [-0.25, -0.2) is 0 Å². The SMILES string of the molecule is C=CCP(N(CC)CC)N(CC)CC. The van der Waals surface area contributed by atoms with Crippen molar-refractivity contribution in [2.75, 3.05) is 32.3 Å². The van der Waals surface area contributed by atoms with Gasteiger partial charge < -0.3 is 0 Å². The number of hydrogen-bond donors (Lipinski definition) is 0. The van der Waals surface area contributed by atoms with Gasteiger partial charge in [0.2, 0.25) is 0 Å². The molecule has 0 amide bonds. The van der Waals surface area contributed by atoms with Gasteiger partial charge in [0.15, 0.2) is 0 Å². The van der Waals surface area contributed by atoms with Crippen molar-refractivity contribution in [2.24, 2.45) is 0 Å². The summed E-state index contributed by atoms with van der Waals surface area (Å²) in [7, 11) is -0.139. The number of allylic oxidation sites excluding steroid dienone is 1. The molecule has 0 N–H and O–H groups in total. The van der Waals surface area contributed by atoms with E-state index in [1.807, 2.05) is 0 Å². The fraction of sp³-hybridized carbons (Fsp3) is 0.818. The van der Waals surface area contributed by atoms with E-state index in [0.29, 0.717) is 0 Å². The second-order valence-corrected chi connectivity index (χ2v) is 5.36. The van der Waals surface area contributed by atoms with Gasteiger partial charge in [-0.3, -0.25) is 9.34 Å². The van der Waals surface area contributed by atoms with E-state index in [4.69, 9.17) is 0 Å². The Morgan fingerprint density at radius 2 is 1.29 bits per heavy atom. The zero-order valence-electron chi connectivity index (χ0n) is 10.2. The summed E-state index contributed by atoms with van der Waals surface area (Å²) in [5.74, 6) is 0. The first kappa shape index (κ1) is 14.1. The van der Waals surface area contributed by atoms with Gasteiger partial charge in [0.05, 0.1) is 0 Å². The molecule has 14 heavy (non-hydrogen) atoms. The molecular weight excluding hydrogens is 191 g/mol. The van der Waals surface area contributed by atoms with Gasteiger partial charge in [0.1, 0.15) is 0 Å². The van der Waals surface area contributed by atoms with E-state index in [1.54, 1.807) is 0 Å². The second kappa shape index (κ2) is 8.40. The van der Waals surface area contributed by atoms with Crippen LogP contribution in [0.5, 0.6) is 0 Å². The molecule has 84 valence electrons. The maximum absolute atomic E-state index is 3.87. The third-order valence-electron chi connectivity index (χ3n) is 2.41. The van der Waals surface area contributed by atoms with Gasteiger partial charge in [0.25, 0.3) is 0 Å². The molecule has 0 rings (SSSR count). The van der Waals surface area contributed by atoms with Gasteiger partial charge in [-0.1, -0.05) is 33.8 Å². The molecule has 0 fully saturated rings. The third-order valence-corrected chi connectivity index (χ3v) is 5.43. The second-order valence-electron chi connectivity index (χ2n) is 3.12. The summed E-state index contributed by atoms with van der Waals surface area (Å²) in [4.78, 5) is 0. The van der Waals surface area contributed by atoms with Crippen molar-refractivity contribution >= 4 is 8.22 Å². The van der Waals surface area contributed by atoms with Crippen LogP contribution < -0.4 is 0 Å². The van der Waals surface area contributed by atoms with Crippen molar-refractivity contribution in [1.29, 1.82) is 0 Å². The molecule has 0 unspecified atom stereocenters. The lowest BCUT2D eigenvalue weighted by atomic mass is 10.7. The number of hydrogen-bond acceptors (Lipinski definition) is 2. The van der Waals surface area contributed by atoms with Crippen molar-refractivity contribution in [2.45, 2.75) is 27.7 Å². The van der Waals surface area contributed by atoms with E-state index >= 15 is 0 Å². The minimum atomic E-state index is -0.139. The molecule has 0 radical (unpaired) electrons. The highest BCUT2D eigenvalue weighted by Crippen LogP contribution is 2.43. The van der Waals surface area contributed by atoms with Gasteiger partial charge in [0, 0.05) is 40.6 Å². The maximum atomic E-state index is 3.87. The molecule has 2 nitrogen and oxygen atoms in total. The Morgan fingerprint density at radius 1 is 0.929 bits per heavy atom. The highest BCUT2D eigenvalue weighted by atomic mass is 31.1. The molecule has 0 aliphatic heterocycles. The van der Waals surface area contributed by atoms with E-state index in [1.165, 1.54) is 0 Å². The minimum Gasteiger partial charge on any atom is -0.270 e. The molecule has 0 aliphatic rings. The van der Waals surface area contributed by atoms with E-state index in [9.17, 15) is 0 Å². The van der Waals surface area contributed by atoms with Crippen molar-refractivity contribution in [3.05, 3.63) is 12.7 Å². The summed E-state index contributed by atoms with van der Waals surface area (Å²) >= 11 is 0. The van der Waals surface area contributed by atoms with Crippen LogP contribution in [0.15, 0.2) is 12.7 Å². The number of nitrogens with zero attached hydrogens (tertiary/aromatic N) is 2. The zero-order chi connectivity index (χ0) is 11.0. The van der Waals surface area contributed by atoms with Crippen LogP contribution >= 0.6 is 8.22 Å². The predicted molar refractivity (Wildman–Crippen MR) is 67.8 cm³/mol. The minimum absolute atomic E-state index is 0.139. The lowest BCUT2D eigenvalue weighted by molar-refractivity contribution is 0.425. The molecule has 0 aromatic heterocycles. The molecule has 0 saturated carbocycles. The topological polar surface area (TPSA) is 6.48 Å². The Balaban J connectivity index is 4.43. The van der Waals surface area contributed by atoms with Crippen molar-refractivity contribution in [3.8, 4) is 0 Å². The fourth-order valence-corrected chi connectivity index (χ4v) is 3.98. The Labute approximate surface area is 90.8 Å². The van der Waals surface area contributed by atoms with Crippen LogP contribution in [0.25, 0.3) is 0 Å². The first-order chi connectivity index (χ1) is 6.74. The molecule has 3 heteroatoms. The summed E-state index contributed by atoms with van der Waals surface area (Å²) in [6.07, 6.45) is 3.18. The largest absolute Gasteiger partial charge is 0.270 e. The van der Waals surface area contributed by atoms with E-state index in [0.717, 1.165) is 32.3 Å². The third kappa shape index (κ3) is 4.08. The smallest absolute Gasteiger partial charge is 0.0433 e. The quantitative estimate of drug-likeness (QED) is 0.454. The molecule has 0 heterocycles. The Morgan fingerprint density at radius 3 is 1.50 bits per heavy atom. The van der Waals surface area contributed by atoms with E-state index in [2.05, 4.69) is 49.7 Å². The van der Waals surface area contributed by atoms with Crippen molar-refractivity contribution in [3.63, 3.8) is 0 Å². The van der Waals surface area contributed by atoms with Crippen LogP contribution in [-0.2, 0) is 0 Å². The van der Waals surface area contributed by atoms with Crippen LogP contribution in [0.1, 0.15) is 27.7 Å². The molecule has 0 atom stereocenters. The summed E-state index contributed by atoms with van der Waals surface area (Å²) in [5, 5.41) is 0. The van der Waals surface area contributed by atoms with Crippen molar-refractivity contribution < 1.29 is 0 Å². The average Bonchev–Trinajstić information content (AvgIpc) is 2.21. The summed E-state index contributed by atoms with van der Waals surface area (Å²) in [6.45, 7) is 17.4. The van der Waals surface area contributed by atoms with Crippen LogP contribution in [0.3, 0.4) is 0 Å². The first-order valence-electron chi connectivity index (χ1n) is 5.63. The van der Waals surface area contributed by atoms with Crippen LogP contribution in [-0.4, -0.2) is 41.7 Å². The normalized spacial score (nSPS) is 11.6. The fourth-order valence-electron chi connectivity index (χ4n) is 1.63. The van der Waals surface area contributed by atoms with Gasteiger partial charge in [-0.05, 0) is 0 Å². The van der Waals surface area contributed by atoms with Crippen molar-refractivity contribution in [1.82, 2.24) is 9.34 Å². The van der Waals surface area contributed by atoms with Crippen LogP contribution in [0, 0.1) is 0 Å². The lowest BCUT2D eigenvalue weighted by Crippen LogP contribution is -2.29. The highest BCUT2D eigenvalue weighted by Gasteiger charge is 2.19. The van der Waals surface area contributed by atoms with Crippen LogP contribution in [0.2, 0.25) is 0 Å². The standard InChI is InChI=1S/C11H25N2P/c1-6-11-14(12(7-2)8-3)13(9-4)10-5/h6H,1,7-11H2,2-5H3. The molecule has 0 spiro atoms. The average molecular weight is 216 g/mol. The summed E-state index contributed by atoms with van der Waals surface area (Å²) in [6, 6.07) is 0. The van der Waals surface area contributed by atoms with Gasteiger partial charge in [-0.2, -0.15) is 0 Å². The Bertz CT molecular complexity index is 130. The molecule has 0 bridgehead atoms. The van der Waals surface area contributed by atoms with Gasteiger partial charge in [-0.15, -0.1) is 6.58 Å². The Hall–Kier alpha value is 0.0900. The van der Waals surface area contributed by atoms with E-state index < -0.39 is 0 Å². The zero-order valence-corrected chi connectivity index (χ0v) is 11.1. The highest BCUT2D eigenvalue weighted by molar-refractivity contribution is 7.52.